The maximum atomic E-state index is 10.1. The fraction of sp³-hybridized carbons (Fsp3) is 1.00. The van der Waals surface area contributed by atoms with Crippen LogP contribution in [0.3, 0.4) is 0 Å². The molecule has 0 bridgehead atoms. The molecule has 122 valence electrons. The molecule has 0 aromatic heterocycles. The minimum Gasteiger partial charge on any atom is -0.272 e. The maximum absolute atomic E-state index is 10.1. The summed E-state index contributed by atoms with van der Waals surface area (Å²) in [4.78, 5) is 0. The number of hydrogen-bond acceptors (Lipinski definition) is 6. The van der Waals surface area contributed by atoms with Crippen molar-refractivity contribution in [3.8, 4) is 0 Å². The summed E-state index contributed by atoms with van der Waals surface area (Å²) < 4.78 is 49.4. The van der Waals surface area contributed by atoms with E-state index in [1.807, 2.05) is 0 Å². The van der Waals surface area contributed by atoms with E-state index in [2.05, 4.69) is 8.37 Å². The molecule has 0 radical (unpaired) electrons. The van der Waals surface area contributed by atoms with E-state index in [4.69, 9.17) is 0 Å². The van der Waals surface area contributed by atoms with Gasteiger partial charge in [-0.15, -0.1) is 0 Å². The van der Waals surface area contributed by atoms with E-state index in [0.717, 1.165) is 38.5 Å². The summed E-state index contributed by atoms with van der Waals surface area (Å²) in [5, 5.41) is 0. The van der Waals surface area contributed by atoms with Crippen LogP contribution >= 0.6 is 0 Å². The van der Waals surface area contributed by atoms with Crippen LogP contribution in [0.1, 0.15) is 64.2 Å². The summed E-state index contributed by atoms with van der Waals surface area (Å²) >= 11 is 0. The predicted octanol–water partition coefficient (Wildman–Crippen LogP) is 1.97. The third-order valence-corrected chi connectivity index (χ3v) is 3.72. The first-order valence-corrected chi connectivity index (χ1v) is 9.36. The molecule has 20 heavy (non-hydrogen) atoms. The first-order valence-electron chi connectivity index (χ1n) is 7.17. The zero-order chi connectivity index (χ0) is 15.1. The summed E-state index contributed by atoms with van der Waals surface area (Å²) in [5.41, 5.74) is 0. The first kappa shape index (κ1) is 19.8. The molecule has 0 atom stereocenters. The van der Waals surface area contributed by atoms with Crippen LogP contribution in [0.15, 0.2) is 0 Å². The van der Waals surface area contributed by atoms with Crippen LogP contribution in [-0.2, 0) is 30.3 Å². The molecule has 0 saturated carbocycles. The number of rotatable bonds is 15. The van der Waals surface area contributed by atoms with E-state index in [0.29, 0.717) is 13.2 Å². The minimum absolute atomic E-state index is 0.301. The fourth-order valence-electron chi connectivity index (χ4n) is 1.90. The van der Waals surface area contributed by atoms with Gasteiger partial charge in [0.05, 0.1) is 13.2 Å². The largest absolute Gasteiger partial charge is 0.272 e. The van der Waals surface area contributed by atoms with Crippen LogP contribution in [0.25, 0.3) is 0 Å². The Hall–Kier alpha value is -0.180. The summed E-state index contributed by atoms with van der Waals surface area (Å²) in [7, 11) is -5.37. The Balaban J connectivity index is 3.02. The Morgan fingerprint density at radius 1 is 0.450 bits per heavy atom. The highest BCUT2D eigenvalue weighted by atomic mass is 32.2. The van der Waals surface area contributed by atoms with Crippen molar-refractivity contribution in [2.24, 2.45) is 0 Å². The van der Waals surface area contributed by atoms with Gasteiger partial charge >= 0.3 is 0 Å². The molecule has 0 fully saturated rings. The molecule has 0 aromatic rings. The van der Waals surface area contributed by atoms with Gasteiger partial charge in [-0.2, -0.15) is 0 Å². The molecule has 0 N–H and O–H groups in total. The van der Waals surface area contributed by atoms with Crippen LogP contribution in [0.5, 0.6) is 0 Å². The van der Waals surface area contributed by atoms with Crippen LogP contribution < -0.4 is 0 Å². The topological polar surface area (TPSA) is 86.7 Å². The highest BCUT2D eigenvalue weighted by Crippen LogP contribution is 2.10. The third kappa shape index (κ3) is 17.8. The van der Waals surface area contributed by atoms with Crippen molar-refractivity contribution in [3.63, 3.8) is 0 Å². The van der Waals surface area contributed by atoms with Crippen molar-refractivity contribution in [2.75, 3.05) is 13.2 Å². The van der Waals surface area contributed by atoms with Gasteiger partial charge in [-0.3, -0.25) is 8.37 Å². The van der Waals surface area contributed by atoms with Crippen LogP contribution in [0, 0.1) is 0 Å². The quantitative estimate of drug-likeness (QED) is 0.353. The molecule has 0 amide bonds. The van der Waals surface area contributed by atoms with Crippen LogP contribution in [0.4, 0.5) is 0 Å². The molecule has 0 rings (SSSR count). The molecule has 0 unspecified atom stereocenters. The van der Waals surface area contributed by atoms with Gasteiger partial charge in [0.25, 0.3) is 22.0 Å². The van der Waals surface area contributed by atoms with E-state index < -0.39 is 22.0 Å². The Morgan fingerprint density at radius 3 is 0.950 bits per heavy atom. The molecule has 0 aliphatic heterocycles. The lowest BCUT2D eigenvalue weighted by molar-refractivity contribution is 0.317. The number of thiol groups is 2. The lowest BCUT2D eigenvalue weighted by Crippen LogP contribution is -1.92. The monoisotopic (exact) mass is 330 g/mol. The Kier molecular flexibility index (Phi) is 15.1. The van der Waals surface area contributed by atoms with Gasteiger partial charge in [0.15, 0.2) is 0 Å². The number of hydrogen-bond donors (Lipinski definition) is 2. The molecule has 0 aliphatic rings. The predicted molar refractivity (Wildman–Crippen MR) is 78.7 cm³/mol. The SMILES string of the molecule is O=[SH](=O)OCCCCCCCCCCCCO[SH](=O)=O. The van der Waals surface area contributed by atoms with Gasteiger partial charge in [0.1, 0.15) is 0 Å². The average Bonchev–Trinajstić information content (AvgIpc) is 2.38. The molecular weight excluding hydrogens is 304 g/mol. The highest BCUT2D eigenvalue weighted by molar-refractivity contribution is 7.67. The second-order valence-corrected chi connectivity index (χ2v) is 6.06. The summed E-state index contributed by atoms with van der Waals surface area (Å²) in [6.07, 6.45) is 10.6. The van der Waals surface area contributed by atoms with E-state index in [9.17, 15) is 16.8 Å². The first-order chi connectivity index (χ1) is 9.63. The zero-order valence-electron chi connectivity index (χ0n) is 11.8. The van der Waals surface area contributed by atoms with Crippen molar-refractivity contribution in [1.29, 1.82) is 0 Å². The van der Waals surface area contributed by atoms with Crippen molar-refractivity contribution in [1.82, 2.24) is 0 Å². The Morgan fingerprint density at radius 2 is 0.700 bits per heavy atom. The van der Waals surface area contributed by atoms with Crippen molar-refractivity contribution >= 4 is 22.0 Å². The van der Waals surface area contributed by atoms with Gasteiger partial charge in [-0.1, -0.05) is 51.4 Å². The van der Waals surface area contributed by atoms with E-state index in [1.54, 1.807) is 0 Å². The maximum Gasteiger partial charge on any atom is 0.257 e. The normalized spacial score (nSPS) is 11.5. The van der Waals surface area contributed by atoms with E-state index in [1.165, 1.54) is 25.7 Å². The highest BCUT2D eigenvalue weighted by Gasteiger charge is 1.94. The van der Waals surface area contributed by atoms with Crippen molar-refractivity contribution in [3.05, 3.63) is 0 Å². The summed E-state index contributed by atoms with van der Waals surface area (Å²) in [6.45, 7) is 0.603. The number of unbranched alkanes of at least 4 members (excludes halogenated alkanes) is 9. The Labute approximate surface area is 125 Å². The lowest BCUT2D eigenvalue weighted by Gasteiger charge is -2.02. The zero-order valence-corrected chi connectivity index (χ0v) is 13.6. The second-order valence-electron chi connectivity index (χ2n) is 4.65. The van der Waals surface area contributed by atoms with Gasteiger partial charge in [-0.25, -0.2) is 16.8 Å². The average molecular weight is 330 g/mol. The van der Waals surface area contributed by atoms with Crippen LogP contribution in [-0.4, -0.2) is 30.0 Å². The molecule has 8 heteroatoms. The lowest BCUT2D eigenvalue weighted by atomic mass is 10.1. The molecule has 0 aromatic carbocycles. The van der Waals surface area contributed by atoms with E-state index >= 15 is 0 Å². The van der Waals surface area contributed by atoms with Gasteiger partial charge in [-0.05, 0) is 12.8 Å². The minimum atomic E-state index is -2.69. The molecule has 0 heterocycles. The standard InChI is InChI=1S/C12H26O6S2/c13-19(14)17-11-9-7-5-3-1-2-4-6-8-10-12-18-20(15)16/h19-20H,1-12H2. The van der Waals surface area contributed by atoms with Crippen molar-refractivity contribution in [2.45, 2.75) is 64.2 Å². The summed E-state index contributed by atoms with van der Waals surface area (Å²) in [5.74, 6) is 0. The smallest absolute Gasteiger partial charge is 0.257 e. The molecule has 0 aliphatic carbocycles. The van der Waals surface area contributed by atoms with E-state index in [-0.39, 0.29) is 0 Å². The third-order valence-electron chi connectivity index (χ3n) is 2.93. The van der Waals surface area contributed by atoms with Crippen LogP contribution in [0.2, 0.25) is 0 Å². The molecule has 0 saturated heterocycles. The Bertz CT molecular complexity index is 302. The fourth-order valence-corrected chi connectivity index (χ4v) is 2.45. The second kappa shape index (κ2) is 15.2. The molecule has 0 spiro atoms. The van der Waals surface area contributed by atoms with Gasteiger partial charge < -0.3 is 0 Å². The van der Waals surface area contributed by atoms with Gasteiger partial charge in [0, 0.05) is 0 Å². The molecular formula is C12H26O6S2. The van der Waals surface area contributed by atoms with Crippen molar-refractivity contribution < 1.29 is 25.2 Å². The summed E-state index contributed by atoms with van der Waals surface area (Å²) in [6, 6.07) is 0. The van der Waals surface area contributed by atoms with Gasteiger partial charge in [0.2, 0.25) is 0 Å². The molecule has 6 nitrogen and oxygen atoms in total.